The highest BCUT2D eigenvalue weighted by atomic mass is 19.1. The van der Waals surface area contributed by atoms with E-state index in [1.807, 2.05) is 13.8 Å². The first-order chi connectivity index (χ1) is 15.6. The molecule has 0 aliphatic carbocycles. The molecule has 1 saturated heterocycles. The van der Waals surface area contributed by atoms with Gasteiger partial charge in [0.15, 0.2) is 6.61 Å². The fourth-order valence-corrected chi connectivity index (χ4v) is 3.97. The van der Waals surface area contributed by atoms with Gasteiger partial charge < -0.3 is 9.64 Å². The van der Waals surface area contributed by atoms with Crippen molar-refractivity contribution in [2.45, 2.75) is 39.4 Å². The maximum Gasteiger partial charge on any atom is 0.318 e. The first-order valence-corrected chi connectivity index (χ1v) is 10.4. The number of piperazine rings is 1. The fraction of sp³-hybridized carbons (Fsp3) is 0.409. The summed E-state index contributed by atoms with van der Waals surface area (Å²) in [4.78, 5) is 37.6. The number of ether oxygens (including phenoxy) is 1. The van der Waals surface area contributed by atoms with Gasteiger partial charge in [-0.25, -0.2) is 4.39 Å². The Hall–Kier alpha value is -3.60. The van der Waals surface area contributed by atoms with Crippen LogP contribution in [0.2, 0.25) is 0 Å². The Morgan fingerprint density at radius 2 is 1.76 bits per heavy atom. The van der Waals surface area contributed by atoms with Crippen molar-refractivity contribution >= 4 is 17.3 Å². The lowest BCUT2D eigenvalue weighted by Crippen LogP contribution is -2.58. The topological polar surface area (TPSA) is 119 Å². The number of nitrogens with zero attached hydrogens (tertiary/aromatic N) is 4. The quantitative estimate of drug-likeness (QED) is 0.458. The highest BCUT2D eigenvalue weighted by Crippen LogP contribution is 2.35. The van der Waals surface area contributed by atoms with Gasteiger partial charge in [0.05, 0.1) is 15.9 Å². The van der Waals surface area contributed by atoms with E-state index in [-0.39, 0.29) is 35.1 Å². The van der Waals surface area contributed by atoms with E-state index in [2.05, 4.69) is 4.90 Å². The lowest BCUT2D eigenvalue weighted by atomic mass is 10.1. The molecule has 2 aromatic rings. The number of carbonyl (C=O) groups excluding carboxylic acids is 1. The lowest BCUT2D eigenvalue weighted by Gasteiger charge is -2.44. The molecule has 0 unspecified atom stereocenters. The Labute approximate surface area is 189 Å². The molecule has 3 rings (SSSR count). The number of amides is 1. The first-order valence-electron chi connectivity index (χ1n) is 10.4. The van der Waals surface area contributed by atoms with Crippen LogP contribution in [-0.4, -0.2) is 57.3 Å². The van der Waals surface area contributed by atoms with Crippen molar-refractivity contribution in [2.24, 2.45) is 0 Å². The van der Waals surface area contributed by atoms with E-state index in [0.717, 1.165) is 11.6 Å². The molecule has 1 aliphatic heterocycles. The van der Waals surface area contributed by atoms with Crippen LogP contribution in [0.5, 0.6) is 5.75 Å². The van der Waals surface area contributed by atoms with E-state index in [4.69, 9.17) is 4.74 Å². The molecule has 0 bridgehead atoms. The predicted octanol–water partition coefficient (Wildman–Crippen LogP) is 3.45. The van der Waals surface area contributed by atoms with Crippen molar-refractivity contribution in [1.82, 2.24) is 9.80 Å². The Kier molecular flexibility index (Phi) is 7.22. The number of nitro benzene ring substituents is 2. The summed E-state index contributed by atoms with van der Waals surface area (Å²) in [7, 11) is 0. The molecule has 10 nitrogen and oxygen atoms in total. The van der Waals surface area contributed by atoms with Crippen LogP contribution in [0, 0.1) is 33.0 Å². The number of rotatable bonds is 7. The highest BCUT2D eigenvalue weighted by molar-refractivity contribution is 5.78. The average Bonchev–Trinajstić information content (AvgIpc) is 2.75. The zero-order valence-electron chi connectivity index (χ0n) is 18.6. The van der Waals surface area contributed by atoms with E-state index >= 15 is 0 Å². The molecule has 0 N–H and O–H groups in total. The van der Waals surface area contributed by atoms with E-state index in [0.29, 0.717) is 19.6 Å². The lowest BCUT2D eigenvalue weighted by molar-refractivity contribution is -0.394. The molecule has 0 saturated carbocycles. The van der Waals surface area contributed by atoms with Gasteiger partial charge in [-0.1, -0.05) is 12.1 Å². The van der Waals surface area contributed by atoms with Crippen LogP contribution in [0.1, 0.15) is 25.0 Å². The largest absolute Gasteiger partial charge is 0.477 e. The smallest absolute Gasteiger partial charge is 0.318 e. The van der Waals surface area contributed by atoms with Crippen LogP contribution in [0.25, 0.3) is 0 Å². The van der Waals surface area contributed by atoms with E-state index in [1.54, 1.807) is 17.0 Å². The first kappa shape index (κ1) is 24.1. The molecule has 176 valence electrons. The molecule has 0 spiro atoms. The highest BCUT2D eigenvalue weighted by Gasteiger charge is 2.33. The van der Waals surface area contributed by atoms with Gasteiger partial charge in [-0.3, -0.25) is 29.9 Å². The molecule has 11 heteroatoms. The number of non-ortho nitro benzene ring substituents is 1. The number of halogens is 1. The number of hydrogen-bond acceptors (Lipinski definition) is 7. The summed E-state index contributed by atoms with van der Waals surface area (Å²) in [6.45, 7) is 6.58. The van der Waals surface area contributed by atoms with E-state index in [1.165, 1.54) is 25.1 Å². The summed E-state index contributed by atoms with van der Waals surface area (Å²) in [5.74, 6) is -0.781. The second kappa shape index (κ2) is 9.90. The van der Waals surface area contributed by atoms with Gasteiger partial charge in [-0.2, -0.15) is 0 Å². The third-order valence-corrected chi connectivity index (χ3v) is 5.72. The third-order valence-electron chi connectivity index (χ3n) is 5.72. The summed E-state index contributed by atoms with van der Waals surface area (Å²) >= 11 is 0. The Morgan fingerprint density at radius 3 is 2.36 bits per heavy atom. The second-order valence-corrected chi connectivity index (χ2v) is 8.21. The molecule has 1 amide bonds. The number of carbonyl (C=O) groups is 1. The maximum atomic E-state index is 13.2. The number of aryl methyl sites for hydroxylation is 1. The normalized spacial score (nSPS) is 18.7. The third kappa shape index (κ3) is 5.61. The van der Waals surface area contributed by atoms with Crippen molar-refractivity contribution in [3.8, 4) is 5.75 Å². The van der Waals surface area contributed by atoms with Crippen LogP contribution in [0.15, 0.2) is 36.4 Å². The molecule has 33 heavy (non-hydrogen) atoms. The summed E-state index contributed by atoms with van der Waals surface area (Å²) in [6, 6.07) is 8.20. The number of nitro groups is 2. The van der Waals surface area contributed by atoms with Crippen molar-refractivity contribution in [3.63, 3.8) is 0 Å². The van der Waals surface area contributed by atoms with Crippen LogP contribution in [-0.2, 0) is 11.3 Å². The van der Waals surface area contributed by atoms with Crippen LogP contribution >= 0.6 is 0 Å². The molecular formula is C22H25FN4O6. The molecular weight excluding hydrogens is 435 g/mol. The van der Waals surface area contributed by atoms with Gasteiger partial charge >= 0.3 is 5.69 Å². The van der Waals surface area contributed by atoms with Gasteiger partial charge in [0.25, 0.3) is 11.6 Å². The fourth-order valence-electron chi connectivity index (χ4n) is 3.97. The minimum Gasteiger partial charge on any atom is -0.477 e. The standard InChI is InChI=1S/C22H25FN4O6/c1-14-8-19(26(29)30)9-20(27(31)32)22(14)33-13-21(28)25-11-15(2)24(10-16(25)3)12-17-4-6-18(23)7-5-17/h4-9,15-16H,10-13H2,1-3H3/t15-,16+/m0/s1. The monoisotopic (exact) mass is 460 g/mol. The molecule has 0 radical (unpaired) electrons. The van der Waals surface area contributed by atoms with Gasteiger partial charge in [0.1, 0.15) is 5.82 Å². The van der Waals surface area contributed by atoms with Gasteiger partial charge in [0.2, 0.25) is 5.75 Å². The number of hydrogen-bond donors (Lipinski definition) is 0. The molecule has 0 aromatic heterocycles. The zero-order chi connectivity index (χ0) is 24.3. The summed E-state index contributed by atoms with van der Waals surface area (Å²) < 4.78 is 18.6. The Morgan fingerprint density at radius 1 is 1.09 bits per heavy atom. The molecule has 2 aromatic carbocycles. The Bertz CT molecular complexity index is 1060. The van der Waals surface area contributed by atoms with Gasteiger partial charge in [-0.15, -0.1) is 0 Å². The molecule has 1 aliphatic rings. The van der Waals surface area contributed by atoms with Gasteiger partial charge in [0, 0.05) is 43.3 Å². The van der Waals surface area contributed by atoms with Crippen molar-refractivity contribution in [1.29, 1.82) is 0 Å². The van der Waals surface area contributed by atoms with Gasteiger partial charge in [-0.05, 0) is 38.5 Å². The molecule has 1 heterocycles. The summed E-state index contributed by atoms with van der Waals surface area (Å²) in [5.41, 5.74) is 0.200. The van der Waals surface area contributed by atoms with Crippen molar-refractivity contribution in [2.75, 3.05) is 19.7 Å². The SMILES string of the molecule is Cc1cc([N+](=O)[O-])cc([N+](=O)[O-])c1OCC(=O)N1C[C@H](C)N(Cc2ccc(F)cc2)C[C@H]1C. The zero-order valence-corrected chi connectivity index (χ0v) is 18.6. The number of benzene rings is 2. The molecule has 2 atom stereocenters. The molecule has 1 fully saturated rings. The maximum absolute atomic E-state index is 13.2. The van der Waals surface area contributed by atoms with Crippen LogP contribution in [0.3, 0.4) is 0 Å². The van der Waals surface area contributed by atoms with E-state index < -0.39 is 27.8 Å². The second-order valence-electron chi connectivity index (χ2n) is 8.21. The predicted molar refractivity (Wildman–Crippen MR) is 117 cm³/mol. The van der Waals surface area contributed by atoms with E-state index in [9.17, 15) is 29.4 Å². The summed E-state index contributed by atoms with van der Waals surface area (Å²) in [5, 5.41) is 22.4. The van der Waals surface area contributed by atoms with Crippen LogP contribution < -0.4 is 4.74 Å². The minimum absolute atomic E-state index is 0.0330. The van der Waals surface area contributed by atoms with Crippen molar-refractivity contribution in [3.05, 3.63) is 73.6 Å². The van der Waals surface area contributed by atoms with Crippen LogP contribution in [0.4, 0.5) is 15.8 Å². The minimum atomic E-state index is -0.765. The average molecular weight is 460 g/mol. The Balaban J connectivity index is 1.66. The van der Waals surface area contributed by atoms with Crippen molar-refractivity contribution < 1.29 is 23.8 Å². The summed E-state index contributed by atoms with van der Waals surface area (Å²) in [6.07, 6.45) is 0.